The van der Waals surface area contributed by atoms with Gasteiger partial charge in [0.05, 0.1) is 12.2 Å². The zero-order valence-corrected chi connectivity index (χ0v) is 20.8. The number of halogens is 1. The van der Waals surface area contributed by atoms with Crippen molar-refractivity contribution in [2.24, 2.45) is 5.92 Å². The van der Waals surface area contributed by atoms with E-state index in [4.69, 9.17) is 0 Å². The maximum absolute atomic E-state index is 13.5. The number of fused-ring (bicyclic) bond motifs is 1. The molecule has 0 saturated carbocycles. The van der Waals surface area contributed by atoms with Crippen LogP contribution in [0.2, 0.25) is 0 Å². The van der Waals surface area contributed by atoms with E-state index in [0.29, 0.717) is 12.0 Å². The van der Waals surface area contributed by atoms with Crippen LogP contribution in [-0.4, -0.2) is 33.3 Å². The minimum atomic E-state index is -0.535. The maximum atomic E-state index is 13.5. The summed E-state index contributed by atoms with van der Waals surface area (Å²) in [4.78, 5) is 45.5. The summed E-state index contributed by atoms with van der Waals surface area (Å²) in [6.45, 7) is 3.39. The summed E-state index contributed by atoms with van der Waals surface area (Å²) < 4.78 is 14.8. The van der Waals surface area contributed by atoms with Gasteiger partial charge in [-0.25, -0.2) is 9.37 Å². The van der Waals surface area contributed by atoms with Crippen molar-refractivity contribution in [1.82, 2.24) is 14.5 Å². The number of carbonyl (C=O) groups excluding carboxylic acids is 2. The average molecular weight is 491 g/mol. The number of nitrogens with zero attached hydrogens (tertiary/aromatic N) is 3. The molecule has 0 fully saturated rings. The molecule has 1 aliphatic carbocycles. The SMILES string of the molecule is CC[C@@H](C)C(=O)Nc1cnc(-c2ccc(F)cc2)n(CC(=O)N(C)[C@@H]2CCCc3ccccc32)c1=O. The van der Waals surface area contributed by atoms with E-state index in [2.05, 4.69) is 16.4 Å². The topological polar surface area (TPSA) is 84.3 Å². The lowest BCUT2D eigenvalue weighted by Gasteiger charge is -2.33. The summed E-state index contributed by atoms with van der Waals surface area (Å²) in [6, 6.07) is 13.6. The number of anilines is 1. The van der Waals surface area contributed by atoms with Gasteiger partial charge in [-0.15, -0.1) is 0 Å². The highest BCUT2D eigenvalue weighted by atomic mass is 19.1. The maximum Gasteiger partial charge on any atom is 0.278 e. The van der Waals surface area contributed by atoms with Gasteiger partial charge in [0.25, 0.3) is 5.56 Å². The largest absolute Gasteiger partial charge is 0.337 e. The van der Waals surface area contributed by atoms with Gasteiger partial charge in [0.1, 0.15) is 23.9 Å². The van der Waals surface area contributed by atoms with E-state index in [9.17, 15) is 18.8 Å². The first-order chi connectivity index (χ1) is 17.3. The highest BCUT2D eigenvalue weighted by molar-refractivity contribution is 5.92. The van der Waals surface area contributed by atoms with Crippen LogP contribution in [0.1, 0.15) is 50.3 Å². The van der Waals surface area contributed by atoms with Crippen LogP contribution >= 0.6 is 0 Å². The molecule has 8 heteroatoms. The molecule has 0 unspecified atom stereocenters. The van der Waals surface area contributed by atoms with Crippen LogP contribution in [-0.2, 0) is 22.6 Å². The molecular formula is C28H31FN4O3. The van der Waals surface area contributed by atoms with Crippen LogP contribution in [0.25, 0.3) is 11.4 Å². The molecule has 4 rings (SSSR count). The van der Waals surface area contributed by atoms with E-state index in [0.717, 1.165) is 24.8 Å². The van der Waals surface area contributed by atoms with Gasteiger partial charge >= 0.3 is 0 Å². The Kier molecular flexibility index (Phi) is 7.62. The monoisotopic (exact) mass is 490 g/mol. The van der Waals surface area contributed by atoms with Crippen LogP contribution in [0.5, 0.6) is 0 Å². The summed E-state index contributed by atoms with van der Waals surface area (Å²) in [6.07, 6.45) is 4.70. The Morgan fingerprint density at radius 1 is 1.19 bits per heavy atom. The summed E-state index contributed by atoms with van der Waals surface area (Å²) >= 11 is 0. The van der Waals surface area contributed by atoms with E-state index in [1.54, 1.807) is 18.9 Å². The van der Waals surface area contributed by atoms with Crippen LogP contribution in [0.4, 0.5) is 10.1 Å². The van der Waals surface area contributed by atoms with Gasteiger partial charge in [-0.1, -0.05) is 38.1 Å². The zero-order chi connectivity index (χ0) is 25.8. The Hall–Kier alpha value is -3.81. The van der Waals surface area contributed by atoms with Crippen molar-refractivity contribution >= 4 is 17.5 Å². The fourth-order valence-electron chi connectivity index (χ4n) is 4.55. The molecule has 1 heterocycles. The van der Waals surface area contributed by atoms with Gasteiger partial charge < -0.3 is 10.2 Å². The number of rotatable bonds is 7. The molecule has 1 aromatic heterocycles. The Bertz CT molecular complexity index is 1320. The smallest absolute Gasteiger partial charge is 0.278 e. The van der Waals surface area contributed by atoms with Gasteiger partial charge in [-0.3, -0.25) is 19.0 Å². The number of hydrogen-bond acceptors (Lipinski definition) is 4. The molecule has 188 valence electrons. The third kappa shape index (κ3) is 5.22. The number of nitrogens with one attached hydrogen (secondary N) is 1. The summed E-state index contributed by atoms with van der Waals surface area (Å²) in [7, 11) is 1.75. The van der Waals surface area contributed by atoms with Crippen molar-refractivity contribution in [1.29, 1.82) is 0 Å². The predicted molar refractivity (Wildman–Crippen MR) is 137 cm³/mol. The van der Waals surface area contributed by atoms with Gasteiger partial charge in [-0.2, -0.15) is 0 Å². The molecule has 7 nitrogen and oxygen atoms in total. The Morgan fingerprint density at radius 2 is 1.92 bits per heavy atom. The fraction of sp³-hybridized carbons (Fsp3) is 0.357. The summed E-state index contributed by atoms with van der Waals surface area (Å²) in [5.74, 6) is -1.02. The van der Waals surface area contributed by atoms with Crippen LogP contribution < -0.4 is 10.9 Å². The number of hydrogen-bond donors (Lipinski definition) is 1. The number of carbonyl (C=O) groups is 2. The average Bonchev–Trinajstić information content (AvgIpc) is 2.90. The lowest BCUT2D eigenvalue weighted by atomic mass is 9.87. The second kappa shape index (κ2) is 10.8. The van der Waals surface area contributed by atoms with E-state index < -0.39 is 11.4 Å². The number of likely N-dealkylation sites (N-methyl/N-ethyl adjacent to an activating group) is 1. The summed E-state index contributed by atoms with van der Waals surface area (Å²) in [5, 5.41) is 2.65. The highest BCUT2D eigenvalue weighted by Gasteiger charge is 2.28. The lowest BCUT2D eigenvalue weighted by Crippen LogP contribution is -2.39. The van der Waals surface area contributed by atoms with Gasteiger partial charge in [0.2, 0.25) is 11.8 Å². The molecule has 2 atom stereocenters. The number of benzene rings is 2. The molecule has 1 N–H and O–H groups in total. The zero-order valence-electron chi connectivity index (χ0n) is 20.8. The molecule has 0 spiro atoms. The molecule has 36 heavy (non-hydrogen) atoms. The second-order valence-corrected chi connectivity index (χ2v) is 9.30. The Morgan fingerprint density at radius 3 is 2.64 bits per heavy atom. The highest BCUT2D eigenvalue weighted by Crippen LogP contribution is 2.33. The molecule has 1 aliphatic rings. The minimum absolute atomic E-state index is 0.00428. The molecule has 2 aromatic carbocycles. The third-order valence-electron chi connectivity index (χ3n) is 6.96. The third-order valence-corrected chi connectivity index (χ3v) is 6.96. The Balaban J connectivity index is 1.69. The first-order valence-electron chi connectivity index (χ1n) is 12.3. The van der Waals surface area contributed by atoms with Crippen molar-refractivity contribution in [2.45, 2.75) is 52.1 Å². The van der Waals surface area contributed by atoms with Gasteiger partial charge in [-0.05, 0) is 61.1 Å². The Labute approximate surface area is 210 Å². The summed E-state index contributed by atoms with van der Waals surface area (Å²) in [5.41, 5.74) is 2.32. The molecule has 2 amide bonds. The van der Waals surface area contributed by atoms with Crippen molar-refractivity contribution in [3.63, 3.8) is 0 Å². The van der Waals surface area contributed by atoms with Crippen LogP contribution in [0.3, 0.4) is 0 Å². The van der Waals surface area contributed by atoms with Gasteiger partial charge in [0, 0.05) is 18.5 Å². The van der Waals surface area contributed by atoms with Crippen molar-refractivity contribution in [3.8, 4) is 11.4 Å². The fourth-order valence-corrected chi connectivity index (χ4v) is 4.55. The number of aromatic nitrogens is 2. The second-order valence-electron chi connectivity index (χ2n) is 9.30. The van der Waals surface area contributed by atoms with Crippen molar-refractivity contribution in [2.75, 3.05) is 12.4 Å². The molecule has 0 radical (unpaired) electrons. The quantitative estimate of drug-likeness (QED) is 0.526. The van der Waals surface area contributed by atoms with Crippen molar-refractivity contribution in [3.05, 3.63) is 82.0 Å². The molecule has 0 bridgehead atoms. The lowest BCUT2D eigenvalue weighted by molar-refractivity contribution is -0.133. The predicted octanol–water partition coefficient (Wildman–Crippen LogP) is 4.57. The van der Waals surface area contributed by atoms with Gasteiger partial charge in [0.15, 0.2) is 0 Å². The van der Waals surface area contributed by atoms with Crippen LogP contribution in [0.15, 0.2) is 59.5 Å². The van der Waals surface area contributed by atoms with Crippen molar-refractivity contribution < 1.29 is 14.0 Å². The number of aryl methyl sites for hydroxylation is 1. The van der Waals surface area contributed by atoms with E-state index >= 15 is 0 Å². The molecule has 3 aromatic rings. The van der Waals surface area contributed by atoms with Crippen LogP contribution in [0, 0.1) is 11.7 Å². The minimum Gasteiger partial charge on any atom is -0.337 e. The standard InChI is InChI=1S/C28H31FN4O3/c1-4-18(2)27(35)31-23-16-30-26(20-12-14-21(29)15-13-20)33(28(23)36)17-25(34)32(3)24-11-7-9-19-8-5-6-10-22(19)24/h5-6,8,10,12-16,18,24H,4,7,9,11,17H2,1-3H3,(H,31,35)/t18-,24-/m1/s1. The molecule has 0 aliphatic heterocycles. The first kappa shape index (κ1) is 25.3. The first-order valence-corrected chi connectivity index (χ1v) is 12.3. The van der Waals surface area contributed by atoms with E-state index in [1.807, 2.05) is 25.1 Å². The molecular weight excluding hydrogens is 459 g/mol. The normalized spacial score (nSPS) is 15.6. The van der Waals surface area contributed by atoms with E-state index in [1.165, 1.54) is 40.6 Å². The molecule has 0 saturated heterocycles. The number of amides is 2. The van der Waals surface area contributed by atoms with E-state index in [-0.39, 0.29) is 41.8 Å².